The molecule has 3 rings (SSSR count). The third kappa shape index (κ3) is 2.63. The van der Waals surface area contributed by atoms with E-state index in [-0.39, 0.29) is 5.95 Å². The summed E-state index contributed by atoms with van der Waals surface area (Å²) in [5.74, 6) is 0.260. The second kappa shape index (κ2) is 5.31. The zero-order valence-corrected chi connectivity index (χ0v) is 11.4. The summed E-state index contributed by atoms with van der Waals surface area (Å²) in [6, 6.07) is 19.3. The van der Waals surface area contributed by atoms with Gasteiger partial charge in [0.25, 0.3) is 0 Å². The molecule has 3 nitrogen and oxygen atoms in total. The van der Waals surface area contributed by atoms with Gasteiger partial charge in [-0.1, -0.05) is 54.1 Å². The summed E-state index contributed by atoms with van der Waals surface area (Å²) in [7, 11) is 0. The fraction of sp³-hybridized carbons (Fsp3) is 0. The van der Waals surface area contributed by atoms with Crippen molar-refractivity contribution < 1.29 is 0 Å². The van der Waals surface area contributed by atoms with Crippen molar-refractivity contribution in [1.29, 1.82) is 0 Å². The molecule has 0 aliphatic carbocycles. The first-order valence-corrected chi connectivity index (χ1v) is 6.56. The topological polar surface area (TPSA) is 51.8 Å². The predicted molar refractivity (Wildman–Crippen MR) is 82.3 cm³/mol. The predicted octanol–water partition coefficient (Wildman–Crippen LogP) is 4.05. The lowest BCUT2D eigenvalue weighted by atomic mass is 10.1. The van der Waals surface area contributed by atoms with Gasteiger partial charge < -0.3 is 5.73 Å². The van der Waals surface area contributed by atoms with Gasteiger partial charge in [0.2, 0.25) is 5.95 Å². The normalized spacial score (nSPS) is 10.4. The Bertz CT molecular complexity index is 724. The quantitative estimate of drug-likeness (QED) is 0.771. The summed E-state index contributed by atoms with van der Waals surface area (Å²) >= 11 is 5.90. The SMILES string of the molecule is Nc1nc(-c2ccccc2)cc(-c2ccc(Cl)cc2)n1. The van der Waals surface area contributed by atoms with Crippen LogP contribution in [0.2, 0.25) is 5.02 Å². The maximum absolute atomic E-state index is 5.90. The zero-order chi connectivity index (χ0) is 13.9. The van der Waals surface area contributed by atoms with Crippen molar-refractivity contribution in [2.45, 2.75) is 0 Å². The van der Waals surface area contributed by atoms with E-state index in [4.69, 9.17) is 17.3 Å². The van der Waals surface area contributed by atoms with Gasteiger partial charge in [-0.15, -0.1) is 0 Å². The number of anilines is 1. The molecule has 98 valence electrons. The van der Waals surface area contributed by atoms with Crippen LogP contribution in [0.3, 0.4) is 0 Å². The molecular weight excluding hydrogens is 270 g/mol. The number of halogens is 1. The second-order valence-corrected chi connectivity index (χ2v) is 4.81. The van der Waals surface area contributed by atoms with Crippen LogP contribution in [0.5, 0.6) is 0 Å². The molecule has 2 N–H and O–H groups in total. The van der Waals surface area contributed by atoms with Gasteiger partial charge in [0, 0.05) is 16.1 Å². The molecule has 3 aromatic rings. The number of nitrogens with zero attached hydrogens (tertiary/aromatic N) is 2. The van der Waals surface area contributed by atoms with Crippen molar-refractivity contribution in [3.8, 4) is 22.5 Å². The van der Waals surface area contributed by atoms with Crippen LogP contribution in [0.15, 0.2) is 60.7 Å². The first-order chi connectivity index (χ1) is 9.72. The van der Waals surface area contributed by atoms with Gasteiger partial charge in [-0.3, -0.25) is 0 Å². The lowest BCUT2D eigenvalue weighted by molar-refractivity contribution is 1.19. The third-order valence-corrected chi connectivity index (χ3v) is 3.20. The number of benzene rings is 2. The van der Waals surface area contributed by atoms with E-state index >= 15 is 0 Å². The van der Waals surface area contributed by atoms with Crippen LogP contribution in [-0.4, -0.2) is 9.97 Å². The Labute approximate surface area is 122 Å². The van der Waals surface area contributed by atoms with Crippen molar-refractivity contribution in [2.24, 2.45) is 0 Å². The van der Waals surface area contributed by atoms with Crippen molar-refractivity contribution in [2.75, 3.05) is 5.73 Å². The highest BCUT2D eigenvalue weighted by molar-refractivity contribution is 6.30. The third-order valence-electron chi connectivity index (χ3n) is 2.95. The molecule has 0 aliphatic rings. The summed E-state index contributed by atoms with van der Waals surface area (Å²) < 4.78 is 0. The average molecular weight is 282 g/mol. The molecule has 0 spiro atoms. The minimum Gasteiger partial charge on any atom is -0.368 e. The van der Waals surface area contributed by atoms with Crippen molar-refractivity contribution in [1.82, 2.24) is 9.97 Å². The minimum absolute atomic E-state index is 0.260. The van der Waals surface area contributed by atoms with Crippen LogP contribution in [0.25, 0.3) is 22.5 Å². The molecule has 0 atom stereocenters. The van der Waals surface area contributed by atoms with E-state index in [0.717, 1.165) is 22.5 Å². The highest BCUT2D eigenvalue weighted by Crippen LogP contribution is 2.25. The molecule has 0 aliphatic heterocycles. The van der Waals surface area contributed by atoms with E-state index in [1.54, 1.807) is 0 Å². The number of aromatic nitrogens is 2. The van der Waals surface area contributed by atoms with Gasteiger partial charge >= 0.3 is 0 Å². The van der Waals surface area contributed by atoms with E-state index in [9.17, 15) is 0 Å². The summed E-state index contributed by atoms with van der Waals surface area (Å²) in [6.45, 7) is 0. The van der Waals surface area contributed by atoms with E-state index in [2.05, 4.69) is 9.97 Å². The Hall–Kier alpha value is -2.39. The van der Waals surface area contributed by atoms with Crippen LogP contribution >= 0.6 is 11.6 Å². The molecule has 0 saturated carbocycles. The summed E-state index contributed by atoms with van der Waals surface area (Å²) in [5.41, 5.74) is 9.38. The summed E-state index contributed by atoms with van der Waals surface area (Å²) in [5, 5.41) is 0.694. The second-order valence-electron chi connectivity index (χ2n) is 4.37. The maximum Gasteiger partial charge on any atom is 0.221 e. The van der Waals surface area contributed by atoms with E-state index in [0.29, 0.717) is 5.02 Å². The molecule has 1 heterocycles. The number of hydrogen-bond donors (Lipinski definition) is 1. The molecule has 0 fully saturated rings. The Kier molecular flexibility index (Phi) is 3.35. The van der Waals surface area contributed by atoms with Gasteiger partial charge in [-0.05, 0) is 18.2 Å². The van der Waals surface area contributed by atoms with Crippen molar-refractivity contribution in [3.05, 3.63) is 65.7 Å². The fourth-order valence-corrected chi connectivity index (χ4v) is 2.12. The lowest BCUT2D eigenvalue weighted by Gasteiger charge is -2.06. The van der Waals surface area contributed by atoms with Crippen molar-refractivity contribution in [3.63, 3.8) is 0 Å². The zero-order valence-electron chi connectivity index (χ0n) is 10.6. The smallest absolute Gasteiger partial charge is 0.221 e. The molecule has 0 unspecified atom stereocenters. The highest BCUT2D eigenvalue weighted by atomic mass is 35.5. The van der Waals surface area contributed by atoms with Crippen LogP contribution in [-0.2, 0) is 0 Å². The van der Waals surface area contributed by atoms with E-state index < -0.39 is 0 Å². The molecule has 0 bridgehead atoms. The molecule has 1 aromatic heterocycles. The molecular formula is C16H12ClN3. The largest absolute Gasteiger partial charge is 0.368 e. The Morgan fingerprint density at radius 3 is 1.90 bits per heavy atom. The molecule has 4 heteroatoms. The Morgan fingerprint density at radius 1 is 0.750 bits per heavy atom. The van der Waals surface area contributed by atoms with Gasteiger partial charge in [0.15, 0.2) is 0 Å². The molecule has 0 radical (unpaired) electrons. The van der Waals surface area contributed by atoms with E-state index in [1.165, 1.54) is 0 Å². The first-order valence-electron chi connectivity index (χ1n) is 6.18. The number of nitrogen functional groups attached to an aromatic ring is 1. The van der Waals surface area contributed by atoms with E-state index in [1.807, 2.05) is 60.7 Å². The van der Waals surface area contributed by atoms with Crippen LogP contribution in [0.1, 0.15) is 0 Å². The van der Waals surface area contributed by atoms with Crippen molar-refractivity contribution >= 4 is 17.5 Å². The standard InChI is InChI=1S/C16H12ClN3/c17-13-8-6-12(7-9-13)15-10-14(19-16(18)20-15)11-4-2-1-3-5-11/h1-10H,(H2,18,19,20). The lowest BCUT2D eigenvalue weighted by Crippen LogP contribution is -1.98. The number of nitrogens with two attached hydrogens (primary N) is 1. The molecule has 2 aromatic carbocycles. The molecule has 0 saturated heterocycles. The Balaban J connectivity index is 2.09. The average Bonchev–Trinajstić information content (AvgIpc) is 2.48. The molecule has 20 heavy (non-hydrogen) atoms. The van der Waals surface area contributed by atoms with Gasteiger partial charge in [-0.25, -0.2) is 9.97 Å². The summed E-state index contributed by atoms with van der Waals surface area (Å²) in [4.78, 5) is 8.57. The highest BCUT2D eigenvalue weighted by Gasteiger charge is 2.06. The first kappa shape index (κ1) is 12.6. The van der Waals surface area contributed by atoms with Crippen LogP contribution in [0.4, 0.5) is 5.95 Å². The number of hydrogen-bond acceptors (Lipinski definition) is 3. The Morgan fingerprint density at radius 2 is 1.30 bits per heavy atom. The van der Waals surface area contributed by atoms with Gasteiger partial charge in [0.05, 0.1) is 11.4 Å². The van der Waals surface area contributed by atoms with Gasteiger partial charge in [-0.2, -0.15) is 0 Å². The molecule has 0 amide bonds. The minimum atomic E-state index is 0.260. The number of rotatable bonds is 2. The van der Waals surface area contributed by atoms with Crippen LogP contribution in [0, 0.1) is 0 Å². The monoisotopic (exact) mass is 281 g/mol. The van der Waals surface area contributed by atoms with Crippen LogP contribution < -0.4 is 5.73 Å². The van der Waals surface area contributed by atoms with Gasteiger partial charge in [0.1, 0.15) is 0 Å². The maximum atomic E-state index is 5.90. The summed E-state index contributed by atoms with van der Waals surface area (Å²) in [6.07, 6.45) is 0. The fourth-order valence-electron chi connectivity index (χ4n) is 1.99.